The molecule has 0 aliphatic heterocycles. The van der Waals surface area contributed by atoms with Crippen molar-refractivity contribution in [1.82, 2.24) is 0 Å². The predicted molar refractivity (Wildman–Crippen MR) is 109 cm³/mol. The summed E-state index contributed by atoms with van der Waals surface area (Å²) in [4.78, 5) is 24.3. The number of amides is 1. The van der Waals surface area contributed by atoms with Crippen molar-refractivity contribution in [3.63, 3.8) is 0 Å². The van der Waals surface area contributed by atoms with E-state index in [1.54, 1.807) is 43.3 Å². The van der Waals surface area contributed by atoms with Gasteiger partial charge in [0.1, 0.15) is 0 Å². The molecule has 7 nitrogen and oxygen atoms in total. The van der Waals surface area contributed by atoms with Crippen molar-refractivity contribution >= 4 is 33.3 Å². The number of sulfonamides is 1. The minimum Gasteiger partial charge on any atom is -0.462 e. The molecule has 8 heteroatoms. The van der Waals surface area contributed by atoms with Gasteiger partial charge < -0.3 is 10.1 Å². The Morgan fingerprint density at radius 3 is 2.25 bits per heavy atom. The summed E-state index contributed by atoms with van der Waals surface area (Å²) in [5.74, 6) is -0.733. The molecule has 0 atom stereocenters. The van der Waals surface area contributed by atoms with Crippen LogP contribution >= 0.6 is 0 Å². The summed E-state index contributed by atoms with van der Waals surface area (Å²) in [5, 5.41) is 2.74. The van der Waals surface area contributed by atoms with E-state index in [0.717, 1.165) is 19.1 Å². The van der Waals surface area contributed by atoms with Gasteiger partial charge in [-0.25, -0.2) is 13.2 Å². The molecule has 0 radical (unpaired) electrons. The summed E-state index contributed by atoms with van der Waals surface area (Å²) < 4.78 is 30.2. The molecular weight excluding hydrogens is 380 g/mol. The standard InChI is InChI=1S/C20H24N2O5S/c1-4-5-12-27-20(24)15-6-9-17(10-7-15)21-19(23)16-8-11-18(14(2)13-16)22-28(3,25)26/h6-11,13,22H,4-5,12H2,1-3H3,(H,21,23). The number of benzene rings is 2. The summed E-state index contributed by atoms with van der Waals surface area (Å²) in [6, 6.07) is 11.1. The molecule has 0 saturated heterocycles. The number of nitrogens with one attached hydrogen (secondary N) is 2. The van der Waals surface area contributed by atoms with Crippen molar-refractivity contribution in [2.75, 3.05) is 22.9 Å². The molecule has 2 aromatic carbocycles. The lowest BCUT2D eigenvalue weighted by atomic mass is 10.1. The highest BCUT2D eigenvalue weighted by Crippen LogP contribution is 2.19. The molecule has 0 heterocycles. The van der Waals surface area contributed by atoms with Gasteiger partial charge in [-0.3, -0.25) is 9.52 Å². The molecule has 0 aromatic heterocycles. The number of ether oxygens (including phenoxy) is 1. The molecule has 0 aliphatic rings. The van der Waals surface area contributed by atoms with Gasteiger partial charge in [0.15, 0.2) is 0 Å². The van der Waals surface area contributed by atoms with Crippen LogP contribution in [0.25, 0.3) is 0 Å². The molecule has 0 fully saturated rings. The maximum atomic E-state index is 12.4. The van der Waals surface area contributed by atoms with Gasteiger partial charge in [0.2, 0.25) is 10.0 Å². The Morgan fingerprint density at radius 2 is 1.68 bits per heavy atom. The first kappa shape index (κ1) is 21.4. The van der Waals surface area contributed by atoms with Crippen LogP contribution in [0.5, 0.6) is 0 Å². The zero-order valence-electron chi connectivity index (χ0n) is 16.1. The lowest BCUT2D eigenvalue weighted by Gasteiger charge is -2.10. The Kier molecular flexibility index (Phi) is 7.17. The van der Waals surface area contributed by atoms with Crippen molar-refractivity contribution in [3.05, 3.63) is 59.2 Å². The number of anilines is 2. The Morgan fingerprint density at radius 1 is 1.04 bits per heavy atom. The van der Waals surface area contributed by atoms with Gasteiger partial charge in [-0.1, -0.05) is 13.3 Å². The van der Waals surface area contributed by atoms with E-state index < -0.39 is 16.0 Å². The van der Waals surface area contributed by atoms with E-state index in [0.29, 0.717) is 34.7 Å². The van der Waals surface area contributed by atoms with Gasteiger partial charge in [0.25, 0.3) is 5.91 Å². The second-order valence-electron chi connectivity index (χ2n) is 6.42. The minimum atomic E-state index is -3.39. The van der Waals surface area contributed by atoms with Crippen molar-refractivity contribution < 1.29 is 22.7 Å². The van der Waals surface area contributed by atoms with E-state index in [1.165, 1.54) is 6.07 Å². The zero-order chi connectivity index (χ0) is 20.7. The molecule has 2 N–H and O–H groups in total. The number of hydrogen-bond acceptors (Lipinski definition) is 5. The van der Waals surface area contributed by atoms with Gasteiger partial charge in [-0.2, -0.15) is 0 Å². The number of hydrogen-bond donors (Lipinski definition) is 2. The third kappa shape index (κ3) is 6.38. The van der Waals surface area contributed by atoms with Gasteiger partial charge in [-0.15, -0.1) is 0 Å². The molecule has 0 saturated carbocycles. The van der Waals surface area contributed by atoms with Crippen LogP contribution in [0.15, 0.2) is 42.5 Å². The fraction of sp³-hybridized carbons (Fsp3) is 0.300. The Labute approximate surface area is 165 Å². The number of unbranched alkanes of at least 4 members (excludes halogenated alkanes) is 1. The van der Waals surface area contributed by atoms with Crippen LogP contribution in [-0.2, 0) is 14.8 Å². The fourth-order valence-electron chi connectivity index (χ4n) is 2.40. The first-order valence-corrected chi connectivity index (χ1v) is 10.8. The largest absolute Gasteiger partial charge is 0.462 e. The van der Waals surface area contributed by atoms with Crippen molar-refractivity contribution in [3.8, 4) is 0 Å². The summed E-state index contributed by atoms with van der Waals surface area (Å²) in [7, 11) is -3.39. The highest BCUT2D eigenvalue weighted by molar-refractivity contribution is 7.92. The topological polar surface area (TPSA) is 102 Å². The molecule has 2 rings (SSSR count). The van der Waals surface area contributed by atoms with Crippen LogP contribution in [0, 0.1) is 6.92 Å². The SMILES string of the molecule is CCCCOC(=O)c1ccc(NC(=O)c2ccc(NS(C)(=O)=O)c(C)c2)cc1. The third-order valence-electron chi connectivity index (χ3n) is 3.89. The van der Waals surface area contributed by atoms with E-state index in [9.17, 15) is 18.0 Å². The number of carbonyl (C=O) groups is 2. The predicted octanol–water partition coefficient (Wildman–Crippen LogP) is 3.58. The van der Waals surface area contributed by atoms with Gasteiger partial charge in [-0.05, 0) is 61.4 Å². The first-order valence-electron chi connectivity index (χ1n) is 8.86. The smallest absolute Gasteiger partial charge is 0.338 e. The van der Waals surface area contributed by atoms with Crippen LogP contribution < -0.4 is 10.0 Å². The zero-order valence-corrected chi connectivity index (χ0v) is 16.9. The quantitative estimate of drug-likeness (QED) is 0.517. The average Bonchev–Trinajstić information content (AvgIpc) is 2.63. The average molecular weight is 404 g/mol. The monoisotopic (exact) mass is 404 g/mol. The summed E-state index contributed by atoms with van der Waals surface area (Å²) in [5.41, 5.74) is 2.39. The van der Waals surface area contributed by atoms with E-state index in [2.05, 4.69) is 10.0 Å². The molecule has 0 bridgehead atoms. The van der Waals surface area contributed by atoms with Crippen molar-refractivity contribution in [2.24, 2.45) is 0 Å². The van der Waals surface area contributed by atoms with Gasteiger partial charge >= 0.3 is 5.97 Å². The molecule has 0 aliphatic carbocycles. The third-order valence-corrected chi connectivity index (χ3v) is 4.48. The highest BCUT2D eigenvalue weighted by atomic mass is 32.2. The van der Waals surface area contributed by atoms with E-state index in [-0.39, 0.29) is 5.91 Å². The molecule has 28 heavy (non-hydrogen) atoms. The molecular formula is C20H24N2O5S. The van der Waals surface area contributed by atoms with E-state index in [4.69, 9.17) is 4.74 Å². The Hall–Kier alpha value is -2.87. The lowest BCUT2D eigenvalue weighted by Crippen LogP contribution is -2.14. The highest BCUT2D eigenvalue weighted by Gasteiger charge is 2.11. The molecule has 1 amide bonds. The lowest BCUT2D eigenvalue weighted by molar-refractivity contribution is 0.0499. The van der Waals surface area contributed by atoms with E-state index in [1.807, 2.05) is 6.92 Å². The van der Waals surface area contributed by atoms with Crippen LogP contribution in [-0.4, -0.2) is 33.2 Å². The summed E-state index contributed by atoms with van der Waals surface area (Å²) >= 11 is 0. The van der Waals surface area contributed by atoms with Crippen molar-refractivity contribution in [2.45, 2.75) is 26.7 Å². The van der Waals surface area contributed by atoms with Crippen LogP contribution in [0.3, 0.4) is 0 Å². The maximum Gasteiger partial charge on any atom is 0.338 e. The number of rotatable bonds is 8. The molecule has 0 unspecified atom stereocenters. The molecule has 0 spiro atoms. The van der Waals surface area contributed by atoms with Crippen molar-refractivity contribution in [1.29, 1.82) is 0 Å². The second-order valence-corrected chi connectivity index (χ2v) is 8.17. The summed E-state index contributed by atoms with van der Waals surface area (Å²) in [6.45, 7) is 4.11. The maximum absolute atomic E-state index is 12.4. The Balaban J connectivity index is 2.02. The van der Waals surface area contributed by atoms with E-state index >= 15 is 0 Å². The fourth-order valence-corrected chi connectivity index (χ4v) is 3.03. The van der Waals surface area contributed by atoms with Crippen LogP contribution in [0.4, 0.5) is 11.4 Å². The van der Waals surface area contributed by atoms with Gasteiger partial charge in [0, 0.05) is 11.3 Å². The minimum absolute atomic E-state index is 0.340. The number of esters is 1. The van der Waals surface area contributed by atoms with Gasteiger partial charge in [0.05, 0.1) is 24.1 Å². The second kappa shape index (κ2) is 9.36. The van der Waals surface area contributed by atoms with Crippen LogP contribution in [0.1, 0.15) is 46.0 Å². The van der Waals surface area contributed by atoms with Crippen LogP contribution in [0.2, 0.25) is 0 Å². The first-order chi connectivity index (χ1) is 13.2. The molecule has 150 valence electrons. The summed E-state index contributed by atoms with van der Waals surface area (Å²) in [6.07, 6.45) is 2.83. The normalized spacial score (nSPS) is 11.0. The number of carbonyl (C=O) groups excluding carboxylic acids is 2. The molecule has 2 aromatic rings. The Bertz CT molecular complexity index is 953. The number of aryl methyl sites for hydroxylation is 1.